The highest BCUT2D eigenvalue weighted by Gasteiger charge is 2.30. The molecule has 1 aromatic carbocycles. The fourth-order valence-corrected chi connectivity index (χ4v) is 3.69. The summed E-state index contributed by atoms with van der Waals surface area (Å²) in [5, 5.41) is 15.6. The van der Waals surface area contributed by atoms with Crippen LogP contribution in [0.15, 0.2) is 34.9 Å². The predicted octanol–water partition coefficient (Wildman–Crippen LogP) is 3.14. The number of hydrogen-bond acceptors (Lipinski definition) is 8. The summed E-state index contributed by atoms with van der Waals surface area (Å²) < 4.78 is 46.0. The summed E-state index contributed by atoms with van der Waals surface area (Å²) in [6.45, 7) is 2.80. The van der Waals surface area contributed by atoms with Crippen LogP contribution in [0.4, 0.5) is 25.1 Å². The molecule has 1 aliphatic heterocycles. The maximum absolute atomic E-state index is 12.8. The second-order valence-electron chi connectivity index (χ2n) is 7.22. The molecule has 1 saturated heterocycles. The summed E-state index contributed by atoms with van der Waals surface area (Å²) in [7, 11) is 0. The van der Waals surface area contributed by atoms with Crippen LogP contribution in [0.3, 0.4) is 0 Å². The number of hydrogen-bond donors (Lipinski definition) is 2. The maximum atomic E-state index is 12.8. The summed E-state index contributed by atoms with van der Waals surface area (Å²) in [6, 6.07) is 4.72. The van der Waals surface area contributed by atoms with Gasteiger partial charge in [-0.1, -0.05) is 12.1 Å². The SMILES string of the molecule is FC(F)(F)c1ccc(-c2nnc(CNc3nc(N4CCOCC4)nc4c(Br)cnn34)[nH]2)cc1. The number of nitrogens with one attached hydrogen (secondary N) is 2. The maximum Gasteiger partial charge on any atom is 0.416 e. The molecule has 0 amide bonds. The summed E-state index contributed by atoms with van der Waals surface area (Å²) in [5.74, 6) is 1.86. The van der Waals surface area contributed by atoms with E-state index in [0.29, 0.717) is 61.1 Å². The quantitative estimate of drug-likeness (QED) is 0.410. The smallest absolute Gasteiger partial charge is 0.378 e. The Labute approximate surface area is 193 Å². The van der Waals surface area contributed by atoms with Gasteiger partial charge in [-0.25, -0.2) is 0 Å². The van der Waals surface area contributed by atoms with E-state index >= 15 is 0 Å². The van der Waals surface area contributed by atoms with Gasteiger partial charge >= 0.3 is 6.18 Å². The largest absolute Gasteiger partial charge is 0.416 e. The zero-order valence-corrected chi connectivity index (χ0v) is 18.6. The number of aromatic amines is 1. The van der Waals surface area contributed by atoms with Gasteiger partial charge in [-0.05, 0) is 28.1 Å². The van der Waals surface area contributed by atoms with E-state index in [1.165, 1.54) is 12.1 Å². The fraction of sp³-hybridized carbons (Fsp3) is 0.316. The molecule has 0 saturated carbocycles. The molecule has 1 fully saturated rings. The number of H-pyrrole nitrogens is 1. The molecule has 33 heavy (non-hydrogen) atoms. The molecule has 0 radical (unpaired) electrons. The highest BCUT2D eigenvalue weighted by atomic mass is 79.9. The molecular weight excluding hydrogens is 507 g/mol. The van der Waals surface area contributed by atoms with Crippen LogP contribution in [-0.4, -0.2) is 61.1 Å². The first-order valence-electron chi connectivity index (χ1n) is 9.95. The highest BCUT2D eigenvalue weighted by molar-refractivity contribution is 9.10. The van der Waals surface area contributed by atoms with Crippen LogP contribution >= 0.6 is 15.9 Å². The van der Waals surface area contributed by atoms with Gasteiger partial charge < -0.3 is 19.9 Å². The van der Waals surface area contributed by atoms with Crippen LogP contribution in [-0.2, 0) is 17.5 Å². The Morgan fingerprint density at radius 3 is 2.58 bits per heavy atom. The van der Waals surface area contributed by atoms with Crippen LogP contribution in [0.5, 0.6) is 0 Å². The number of ether oxygens (including phenoxy) is 1. The number of aromatic nitrogens is 7. The molecule has 5 rings (SSSR count). The van der Waals surface area contributed by atoms with E-state index in [1.807, 2.05) is 4.90 Å². The molecule has 0 unspecified atom stereocenters. The number of alkyl halides is 3. The van der Waals surface area contributed by atoms with Crippen molar-refractivity contribution in [1.29, 1.82) is 0 Å². The molecule has 172 valence electrons. The van der Waals surface area contributed by atoms with E-state index in [-0.39, 0.29) is 6.54 Å². The van der Waals surface area contributed by atoms with Crippen molar-refractivity contribution in [2.24, 2.45) is 0 Å². The van der Waals surface area contributed by atoms with Gasteiger partial charge in [0.2, 0.25) is 11.9 Å². The van der Waals surface area contributed by atoms with Gasteiger partial charge in [-0.15, -0.1) is 10.2 Å². The van der Waals surface area contributed by atoms with E-state index in [4.69, 9.17) is 4.74 Å². The number of anilines is 2. The van der Waals surface area contributed by atoms with Crippen LogP contribution in [0.25, 0.3) is 17.0 Å². The van der Waals surface area contributed by atoms with Crippen molar-refractivity contribution >= 4 is 33.5 Å². The Hall–Kier alpha value is -3.26. The Bertz CT molecular complexity index is 1270. The lowest BCUT2D eigenvalue weighted by Gasteiger charge is -2.27. The molecule has 4 aromatic rings. The molecule has 4 heterocycles. The number of benzene rings is 1. The summed E-state index contributed by atoms with van der Waals surface area (Å²) in [4.78, 5) is 14.3. The minimum Gasteiger partial charge on any atom is -0.378 e. The lowest BCUT2D eigenvalue weighted by atomic mass is 10.1. The average molecular weight is 524 g/mol. The fourth-order valence-electron chi connectivity index (χ4n) is 3.35. The van der Waals surface area contributed by atoms with Crippen molar-refractivity contribution in [2.75, 3.05) is 36.5 Å². The van der Waals surface area contributed by atoms with E-state index in [9.17, 15) is 13.2 Å². The van der Waals surface area contributed by atoms with Crippen LogP contribution in [0.2, 0.25) is 0 Å². The molecule has 0 spiro atoms. The number of fused-ring (bicyclic) bond motifs is 1. The van der Waals surface area contributed by atoms with Crippen molar-refractivity contribution in [3.05, 3.63) is 46.3 Å². The topological polar surface area (TPSA) is 109 Å². The monoisotopic (exact) mass is 523 g/mol. The van der Waals surface area contributed by atoms with Crippen molar-refractivity contribution in [1.82, 2.24) is 34.8 Å². The van der Waals surface area contributed by atoms with Crippen LogP contribution in [0, 0.1) is 0 Å². The average Bonchev–Trinajstić information content (AvgIpc) is 3.45. The minimum atomic E-state index is -4.39. The molecule has 0 aliphatic carbocycles. The first-order valence-corrected chi connectivity index (χ1v) is 10.7. The van der Waals surface area contributed by atoms with Crippen molar-refractivity contribution < 1.29 is 17.9 Å². The highest BCUT2D eigenvalue weighted by Crippen LogP contribution is 2.30. The van der Waals surface area contributed by atoms with Gasteiger partial charge in [0.1, 0.15) is 5.82 Å². The van der Waals surface area contributed by atoms with Gasteiger partial charge in [0, 0.05) is 18.7 Å². The van der Waals surface area contributed by atoms with Crippen LogP contribution in [0.1, 0.15) is 11.4 Å². The first kappa shape index (κ1) is 21.6. The summed E-state index contributed by atoms with van der Waals surface area (Å²) in [6.07, 6.45) is -2.76. The Kier molecular flexibility index (Phi) is 5.62. The molecular formula is C19H17BrF3N9O. The first-order chi connectivity index (χ1) is 15.9. The van der Waals surface area contributed by atoms with Gasteiger partial charge in [0.25, 0.3) is 0 Å². The summed E-state index contributed by atoms with van der Waals surface area (Å²) >= 11 is 3.46. The Morgan fingerprint density at radius 1 is 1.09 bits per heavy atom. The lowest BCUT2D eigenvalue weighted by Crippen LogP contribution is -2.37. The number of rotatable bonds is 5. The third kappa shape index (κ3) is 4.48. The second kappa shape index (κ2) is 8.59. The molecule has 14 heteroatoms. The number of morpholine rings is 1. The van der Waals surface area contributed by atoms with Crippen molar-refractivity contribution in [3.8, 4) is 11.4 Å². The molecule has 0 atom stereocenters. The van der Waals surface area contributed by atoms with Crippen LogP contribution < -0.4 is 10.2 Å². The second-order valence-corrected chi connectivity index (χ2v) is 8.08. The minimum absolute atomic E-state index is 0.236. The normalized spacial score (nSPS) is 14.7. The van der Waals surface area contributed by atoms with E-state index in [1.54, 1.807) is 10.7 Å². The third-order valence-electron chi connectivity index (χ3n) is 5.04. The Morgan fingerprint density at radius 2 is 1.85 bits per heavy atom. The van der Waals surface area contributed by atoms with Crippen molar-refractivity contribution in [3.63, 3.8) is 0 Å². The van der Waals surface area contributed by atoms with Gasteiger partial charge in [-0.3, -0.25) is 0 Å². The van der Waals surface area contributed by atoms with Gasteiger partial charge in [-0.2, -0.15) is 32.8 Å². The molecule has 1 aliphatic rings. The zero-order valence-electron chi connectivity index (χ0n) is 17.0. The number of halogens is 4. The molecule has 0 bridgehead atoms. The van der Waals surface area contributed by atoms with Crippen molar-refractivity contribution in [2.45, 2.75) is 12.7 Å². The third-order valence-corrected chi connectivity index (χ3v) is 5.60. The van der Waals surface area contributed by atoms with E-state index in [0.717, 1.165) is 16.6 Å². The predicted molar refractivity (Wildman–Crippen MR) is 116 cm³/mol. The van der Waals surface area contributed by atoms with Gasteiger partial charge in [0.05, 0.1) is 36.0 Å². The standard InChI is InChI=1S/C19H17BrF3N9O/c20-13-9-25-32-16(13)27-18(31-5-7-33-8-6-31)28-17(32)24-10-14-26-15(30-29-14)11-1-3-12(4-2-11)19(21,22)23/h1-4,9H,5-8,10H2,(H,24,27,28)(H,26,29,30). The molecule has 10 nitrogen and oxygen atoms in total. The van der Waals surface area contributed by atoms with Gasteiger partial charge in [0.15, 0.2) is 11.5 Å². The lowest BCUT2D eigenvalue weighted by molar-refractivity contribution is -0.137. The Balaban J connectivity index is 1.35. The van der Waals surface area contributed by atoms with E-state index in [2.05, 4.69) is 51.5 Å². The number of nitrogens with zero attached hydrogens (tertiary/aromatic N) is 7. The molecule has 3 aromatic heterocycles. The van der Waals surface area contributed by atoms with E-state index < -0.39 is 11.7 Å². The summed E-state index contributed by atoms with van der Waals surface area (Å²) in [5.41, 5.74) is 0.385. The zero-order chi connectivity index (χ0) is 23.0. The molecule has 2 N–H and O–H groups in total.